The van der Waals surface area contributed by atoms with Crippen molar-refractivity contribution in [3.63, 3.8) is 0 Å². The number of nitrogens with two attached hydrogens (primary N) is 1. The molecule has 2 unspecified atom stereocenters. The van der Waals surface area contributed by atoms with E-state index in [9.17, 15) is 4.79 Å². The van der Waals surface area contributed by atoms with Crippen LogP contribution in [0.5, 0.6) is 0 Å². The smallest absolute Gasteiger partial charge is 0.317 e. The van der Waals surface area contributed by atoms with Gasteiger partial charge in [-0.1, -0.05) is 40.0 Å². The van der Waals surface area contributed by atoms with Crippen molar-refractivity contribution in [3.8, 4) is 0 Å². The topological polar surface area (TPSA) is 58.4 Å². The number of rotatable bonds is 7. The van der Waals surface area contributed by atoms with Crippen LogP contribution in [0, 0.1) is 5.92 Å². The maximum Gasteiger partial charge on any atom is 0.317 e. The standard InChI is InChI=1S/C16H33N3O/c1-4-6-10-18-15(20)19(11-5-2)16(13-17)9-7-8-14(3)12-16/h14H,4-13,17H2,1-3H3,(H,18,20). The van der Waals surface area contributed by atoms with E-state index >= 15 is 0 Å². The Balaban J connectivity index is 2.77. The monoisotopic (exact) mass is 283 g/mol. The summed E-state index contributed by atoms with van der Waals surface area (Å²) in [5.41, 5.74) is 5.98. The van der Waals surface area contributed by atoms with Gasteiger partial charge in [-0.3, -0.25) is 0 Å². The summed E-state index contributed by atoms with van der Waals surface area (Å²) in [4.78, 5) is 14.6. The number of hydrogen-bond donors (Lipinski definition) is 2. The van der Waals surface area contributed by atoms with Crippen molar-refractivity contribution in [3.05, 3.63) is 0 Å². The molecule has 0 aliphatic heterocycles. The van der Waals surface area contributed by atoms with E-state index in [0.29, 0.717) is 12.5 Å². The van der Waals surface area contributed by atoms with E-state index < -0.39 is 0 Å². The molecule has 0 aromatic rings. The highest BCUT2D eigenvalue weighted by Crippen LogP contribution is 2.36. The zero-order chi connectivity index (χ0) is 15.0. The first-order chi connectivity index (χ1) is 9.59. The van der Waals surface area contributed by atoms with Gasteiger partial charge in [0.2, 0.25) is 0 Å². The number of urea groups is 1. The Hall–Kier alpha value is -0.770. The van der Waals surface area contributed by atoms with Crippen molar-refractivity contribution in [2.75, 3.05) is 19.6 Å². The van der Waals surface area contributed by atoms with Gasteiger partial charge in [-0.25, -0.2) is 4.79 Å². The zero-order valence-electron chi connectivity index (χ0n) is 13.6. The summed E-state index contributed by atoms with van der Waals surface area (Å²) in [6.45, 7) is 8.71. The highest BCUT2D eigenvalue weighted by Gasteiger charge is 2.41. The second-order valence-corrected chi connectivity index (χ2v) is 6.37. The zero-order valence-corrected chi connectivity index (χ0v) is 13.6. The number of carbonyl (C=O) groups excluding carboxylic acids is 1. The van der Waals surface area contributed by atoms with Gasteiger partial charge in [0.15, 0.2) is 0 Å². The van der Waals surface area contributed by atoms with Crippen LogP contribution >= 0.6 is 0 Å². The van der Waals surface area contributed by atoms with Gasteiger partial charge in [0.05, 0.1) is 5.54 Å². The Bertz CT molecular complexity index is 295. The van der Waals surface area contributed by atoms with Gasteiger partial charge in [-0.05, 0) is 31.6 Å². The van der Waals surface area contributed by atoms with Crippen LogP contribution < -0.4 is 11.1 Å². The maximum atomic E-state index is 12.5. The molecule has 3 N–H and O–H groups in total. The number of nitrogens with one attached hydrogen (secondary N) is 1. The fourth-order valence-corrected chi connectivity index (χ4v) is 3.42. The molecule has 0 aromatic carbocycles. The van der Waals surface area contributed by atoms with E-state index in [-0.39, 0.29) is 11.6 Å². The van der Waals surface area contributed by atoms with E-state index in [1.165, 1.54) is 12.8 Å². The molecule has 0 saturated heterocycles. The van der Waals surface area contributed by atoms with Crippen molar-refractivity contribution < 1.29 is 4.79 Å². The molecule has 0 spiro atoms. The molecular formula is C16H33N3O. The highest BCUT2D eigenvalue weighted by atomic mass is 16.2. The average Bonchev–Trinajstić information content (AvgIpc) is 2.44. The third-order valence-corrected chi connectivity index (χ3v) is 4.52. The predicted molar refractivity (Wildman–Crippen MR) is 84.7 cm³/mol. The van der Waals surface area contributed by atoms with Crippen LogP contribution in [0.15, 0.2) is 0 Å². The summed E-state index contributed by atoms with van der Waals surface area (Å²) < 4.78 is 0. The van der Waals surface area contributed by atoms with Crippen LogP contribution in [0.1, 0.15) is 65.7 Å². The molecule has 2 atom stereocenters. The first-order valence-corrected chi connectivity index (χ1v) is 8.35. The summed E-state index contributed by atoms with van der Waals surface area (Å²) in [6.07, 6.45) is 7.67. The molecule has 2 amide bonds. The Morgan fingerprint density at radius 1 is 1.40 bits per heavy atom. The molecule has 1 saturated carbocycles. The van der Waals surface area contributed by atoms with Crippen LogP contribution in [-0.2, 0) is 0 Å². The molecular weight excluding hydrogens is 250 g/mol. The van der Waals surface area contributed by atoms with E-state index in [1.54, 1.807) is 0 Å². The van der Waals surface area contributed by atoms with Crippen LogP contribution in [0.4, 0.5) is 4.79 Å². The maximum absolute atomic E-state index is 12.5. The van der Waals surface area contributed by atoms with Gasteiger partial charge in [-0.2, -0.15) is 0 Å². The number of amides is 2. The van der Waals surface area contributed by atoms with Gasteiger partial charge in [0, 0.05) is 19.6 Å². The summed E-state index contributed by atoms with van der Waals surface area (Å²) in [6, 6.07) is 0.0832. The second kappa shape index (κ2) is 8.50. The van der Waals surface area contributed by atoms with Crippen molar-refractivity contribution in [2.45, 2.75) is 71.3 Å². The van der Waals surface area contributed by atoms with Gasteiger partial charge in [0.25, 0.3) is 0 Å². The third kappa shape index (κ3) is 4.37. The minimum Gasteiger partial charge on any atom is -0.338 e. The van der Waals surface area contributed by atoms with Crippen molar-refractivity contribution in [1.82, 2.24) is 10.2 Å². The van der Waals surface area contributed by atoms with E-state index in [2.05, 4.69) is 26.1 Å². The summed E-state index contributed by atoms with van der Waals surface area (Å²) in [5.74, 6) is 0.662. The summed E-state index contributed by atoms with van der Waals surface area (Å²) in [5, 5.41) is 3.07. The Kier molecular flexibility index (Phi) is 7.35. The minimum absolute atomic E-state index is 0.0832. The predicted octanol–water partition coefficient (Wildman–Crippen LogP) is 3.12. The quantitative estimate of drug-likeness (QED) is 0.705. The van der Waals surface area contributed by atoms with Crippen LogP contribution in [-0.4, -0.2) is 36.1 Å². The van der Waals surface area contributed by atoms with Gasteiger partial charge in [-0.15, -0.1) is 0 Å². The van der Waals surface area contributed by atoms with Gasteiger partial charge in [0.1, 0.15) is 0 Å². The van der Waals surface area contributed by atoms with Gasteiger partial charge < -0.3 is 16.0 Å². The van der Waals surface area contributed by atoms with Crippen LogP contribution in [0.2, 0.25) is 0 Å². The SMILES string of the molecule is CCCCNC(=O)N(CCC)C1(CN)CCCC(C)C1. The molecule has 4 nitrogen and oxygen atoms in total. The third-order valence-electron chi connectivity index (χ3n) is 4.52. The Morgan fingerprint density at radius 3 is 2.70 bits per heavy atom. The minimum atomic E-state index is -0.121. The second-order valence-electron chi connectivity index (χ2n) is 6.37. The molecule has 0 aromatic heterocycles. The lowest BCUT2D eigenvalue weighted by atomic mass is 9.75. The molecule has 1 aliphatic rings. The molecule has 0 heterocycles. The number of unbranched alkanes of at least 4 members (excludes halogenated alkanes) is 1. The Labute approximate surface area is 124 Å². The Morgan fingerprint density at radius 2 is 2.15 bits per heavy atom. The molecule has 4 heteroatoms. The molecule has 0 bridgehead atoms. The van der Waals surface area contributed by atoms with Crippen molar-refractivity contribution in [2.24, 2.45) is 11.7 Å². The lowest BCUT2D eigenvalue weighted by Gasteiger charge is -2.47. The highest BCUT2D eigenvalue weighted by molar-refractivity contribution is 5.75. The number of nitrogens with zero attached hydrogens (tertiary/aromatic N) is 1. The van der Waals surface area contributed by atoms with Gasteiger partial charge >= 0.3 is 6.03 Å². The molecule has 118 valence electrons. The molecule has 20 heavy (non-hydrogen) atoms. The van der Waals surface area contributed by atoms with E-state index in [0.717, 1.165) is 45.2 Å². The average molecular weight is 283 g/mol. The fraction of sp³-hybridized carbons (Fsp3) is 0.938. The molecule has 1 fully saturated rings. The van der Waals surface area contributed by atoms with Crippen LogP contribution in [0.3, 0.4) is 0 Å². The summed E-state index contributed by atoms with van der Waals surface area (Å²) in [7, 11) is 0. The van der Waals surface area contributed by atoms with E-state index in [1.807, 2.05) is 4.90 Å². The van der Waals surface area contributed by atoms with Crippen LogP contribution in [0.25, 0.3) is 0 Å². The first-order valence-electron chi connectivity index (χ1n) is 8.35. The first kappa shape index (κ1) is 17.3. The fourth-order valence-electron chi connectivity index (χ4n) is 3.42. The normalized spacial score (nSPS) is 26.3. The van der Waals surface area contributed by atoms with Crippen molar-refractivity contribution in [1.29, 1.82) is 0 Å². The lowest BCUT2D eigenvalue weighted by molar-refractivity contribution is 0.0659. The molecule has 1 aliphatic carbocycles. The van der Waals surface area contributed by atoms with E-state index in [4.69, 9.17) is 5.73 Å². The van der Waals surface area contributed by atoms with Crippen molar-refractivity contribution >= 4 is 6.03 Å². The lowest BCUT2D eigenvalue weighted by Crippen LogP contribution is -2.60. The number of hydrogen-bond acceptors (Lipinski definition) is 2. The largest absolute Gasteiger partial charge is 0.338 e. The number of carbonyl (C=O) groups is 1. The summed E-state index contributed by atoms with van der Waals surface area (Å²) >= 11 is 0. The molecule has 1 rings (SSSR count). The molecule has 0 radical (unpaired) electrons.